The van der Waals surface area contributed by atoms with Gasteiger partial charge in [0.1, 0.15) is 11.5 Å². The van der Waals surface area contributed by atoms with E-state index in [2.05, 4.69) is 5.16 Å². The monoisotopic (exact) mass is 371 g/mol. The molecule has 0 atom stereocenters. The Labute approximate surface area is 158 Å². The number of para-hydroxylation sites is 1. The first-order chi connectivity index (χ1) is 13.0. The molecule has 144 valence electrons. The van der Waals surface area contributed by atoms with E-state index < -0.39 is 0 Å². The maximum atomic E-state index is 12.4. The number of nitrogens with zero attached hydrogens (tertiary/aromatic N) is 3. The summed E-state index contributed by atoms with van der Waals surface area (Å²) in [4.78, 5) is 28.2. The van der Waals surface area contributed by atoms with Crippen molar-refractivity contribution in [3.63, 3.8) is 0 Å². The lowest BCUT2D eigenvalue weighted by molar-refractivity contribution is -0.132. The Kier molecular flexibility index (Phi) is 6.11. The van der Waals surface area contributed by atoms with Crippen LogP contribution >= 0.6 is 0 Å². The molecule has 2 heterocycles. The van der Waals surface area contributed by atoms with Crippen LogP contribution in [0.15, 0.2) is 34.9 Å². The van der Waals surface area contributed by atoms with Crippen LogP contribution < -0.4 is 4.74 Å². The van der Waals surface area contributed by atoms with Crippen molar-refractivity contribution >= 4 is 11.8 Å². The van der Waals surface area contributed by atoms with Crippen molar-refractivity contribution in [2.24, 2.45) is 0 Å². The fourth-order valence-electron chi connectivity index (χ4n) is 3.07. The normalized spacial score (nSPS) is 14.3. The Morgan fingerprint density at radius 1 is 1.11 bits per heavy atom. The Balaban J connectivity index is 1.38. The van der Waals surface area contributed by atoms with Gasteiger partial charge in [0, 0.05) is 38.7 Å². The molecular weight excluding hydrogens is 346 g/mol. The van der Waals surface area contributed by atoms with Crippen LogP contribution in [0.25, 0.3) is 0 Å². The van der Waals surface area contributed by atoms with Gasteiger partial charge in [0.15, 0.2) is 5.69 Å². The van der Waals surface area contributed by atoms with Gasteiger partial charge in [-0.15, -0.1) is 0 Å². The molecule has 0 bridgehead atoms. The second-order valence-electron chi connectivity index (χ2n) is 6.71. The molecule has 0 spiro atoms. The number of carbonyl (C=O) groups excluding carboxylic acids is 2. The summed E-state index contributed by atoms with van der Waals surface area (Å²) in [6.45, 7) is 6.37. The standard InChI is InChI=1S/C20H25N3O4/c1-15-6-3-4-7-18(15)26-13-5-8-19(24)22-9-11-23(12-10-22)20(25)17-14-16(2)27-21-17/h3-4,6-7,14H,5,8-13H2,1-2H3. The molecule has 0 unspecified atom stereocenters. The second kappa shape index (κ2) is 8.70. The van der Waals surface area contributed by atoms with Crippen molar-refractivity contribution in [1.29, 1.82) is 0 Å². The van der Waals surface area contributed by atoms with Crippen LogP contribution in [0.5, 0.6) is 5.75 Å². The van der Waals surface area contributed by atoms with Crippen LogP contribution in [0.1, 0.15) is 34.7 Å². The van der Waals surface area contributed by atoms with Gasteiger partial charge in [0.05, 0.1) is 6.61 Å². The van der Waals surface area contributed by atoms with Gasteiger partial charge in [-0.2, -0.15) is 0 Å². The van der Waals surface area contributed by atoms with Crippen molar-refractivity contribution in [1.82, 2.24) is 15.0 Å². The van der Waals surface area contributed by atoms with E-state index in [-0.39, 0.29) is 11.8 Å². The first-order valence-electron chi connectivity index (χ1n) is 9.23. The lowest BCUT2D eigenvalue weighted by Gasteiger charge is -2.34. The predicted molar refractivity (Wildman–Crippen MR) is 99.6 cm³/mol. The maximum Gasteiger partial charge on any atom is 0.276 e. The molecule has 1 saturated heterocycles. The largest absolute Gasteiger partial charge is 0.493 e. The molecule has 2 amide bonds. The third kappa shape index (κ3) is 4.87. The number of aromatic nitrogens is 1. The van der Waals surface area contributed by atoms with E-state index in [0.29, 0.717) is 57.1 Å². The summed E-state index contributed by atoms with van der Waals surface area (Å²) >= 11 is 0. The average molecular weight is 371 g/mol. The van der Waals surface area contributed by atoms with Gasteiger partial charge in [0.2, 0.25) is 5.91 Å². The fraction of sp³-hybridized carbons (Fsp3) is 0.450. The van der Waals surface area contributed by atoms with E-state index in [1.165, 1.54) is 0 Å². The van der Waals surface area contributed by atoms with Crippen LogP contribution in [0.3, 0.4) is 0 Å². The van der Waals surface area contributed by atoms with Crippen molar-refractivity contribution in [2.75, 3.05) is 32.8 Å². The van der Waals surface area contributed by atoms with Gasteiger partial charge < -0.3 is 19.1 Å². The molecule has 2 aromatic rings. The summed E-state index contributed by atoms with van der Waals surface area (Å²) in [7, 11) is 0. The van der Waals surface area contributed by atoms with Crippen LogP contribution in [0.2, 0.25) is 0 Å². The Morgan fingerprint density at radius 3 is 2.48 bits per heavy atom. The lowest BCUT2D eigenvalue weighted by Crippen LogP contribution is -2.50. The van der Waals surface area contributed by atoms with Gasteiger partial charge in [-0.3, -0.25) is 9.59 Å². The fourth-order valence-corrected chi connectivity index (χ4v) is 3.07. The highest BCUT2D eigenvalue weighted by atomic mass is 16.5. The lowest BCUT2D eigenvalue weighted by atomic mass is 10.2. The van der Waals surface area contributed by atoms with Crippen LogP contribution in [0.4, 0.5) is 0 Å². The number of carbonyl (C=O) groups is 2. The molecule has 3 rings (SSSR count). The van der Waals surface area contributed by atoms with Crippen molar-refractivity contribution < 1.29 is 18.8 Å². The minimum Gasteiger partial charge on any atom is -0.493 e. The van der Waals surface area contributed by atoms with Crippen molar-refractivity contribution in [3.05, 3.63) is 47.3 Å². The third-order valence-electron chi connectivity index (χ3n) is 4.65. The van der Waals surface area contributed by atoms with Crippen LogP contribution in [0, 0.1) is 13.8 Å². The van der Waals surface area contributed by atoms with Gasteiger partial charge >= 0.3 is 0 Å². The summed E-state index contributed by atoms with van der Waals surface area (Å²) < 4.78 is 10.7. The number of rotatable bonds is 6. The van der Waals surface area contributed by atoms with Gasteiger partial charge in [0.25, 0.3) is 5.91 Å². The number of ether oxygens (including phenoxy) is 1. The zero-order valence-corrected chi connectivity index (χ0v) is 15.8. The number of hydrogen-bond donors (Lipinski definition) is 0. The molecule has 0 radical (unpaired) electrons. The topological polar surface area (TPSA) is 75.9 Å². The Morgan fingerprint density at radius 2 is 1.81 bits per heavy atom. The van der Waals surface area contributed by atoms with Crippen LogP contribution in [-0.2, 0) is 4.79 Å². The molecule has 1 aromatic carbocycles. The molecule has 0 saturated carbocycles. The van der Waals surface area contributed by atoms with E-state index >= 15 is 0 Å². The minimum atomic E-state index is -0.148. The molecule has 0 aliphatic carbocycles. The molecule has 27 heavy (non-hydrogen) atoms. The van der Waals surface area contributed by atoms with Gasteiger partial charge in [-0.1, -0.05) is 23.4 Å². The molecule has 1 aliphatic rings. The highest BCUT2D eigenvalue weighted by Gasteiger charge is 2.26. The van der Waals surface area contributed by atoms with E-state index in [4.69, 9.17) is 9.26 Å². The quantitative estimate of drug-likeness (QED) is 0.729. The average Bonchev–Trinajstić information content (AvgIpc) is 3.12. The number of amides is 2. The molecule has 1 fully saturated rings. The number of hydrogen-bond acceptors (Lipinski definition) is 5. The highest BCUT2D eigenvalue weighted by molar-refractivity contribution is 5.92. The zero-order chi connectivity index (χ0) is 19.2. The third-order valence-corrected chi connectivity index (χ3v) is 4.65. The predicted octanol–water partition coefficient (Wildman–Crippen LogP) is 2.44. The Hall–Kier alpha value is -2.83. The maximum absolute atomic E-state index is 12.4. The SMILES string of the molecule is Cc1cc(C(=O)N2CCN(C(=O)CCCOc3ccccc3C)CC2)no1. The smallest absolute Gasteiger partial charge is 0.276 e. The second-order valence-corrected chi connectivity index (χ2v) is 6.71. The molecule has 1 aliphatic heterocycles. The molecule has 1 aromatic heterocycles. The number of piperazine rings is 1. The Bertz CT molecular complexity index is 794. The summed E-state index contributed by atoms with van der Waals surface area (Å²) in [6.07, 6.45) is 1.12. The van der Waals surface area contributed by atoms with Crippen LogP contribution in [-0.4, -0.2) is 59.6 Å². The summed E-state index contributed by atoms with van der Waals surface area (Å²) in [5.41, 5.74) is 1.41. The van der Waals surface area contributed by atoms with E-state index in [9.17, 15) is 9.59 Å². The van der Waals surface area contributed by atoms with E-state index in [1.54, 1.807) is 17.9 Å². The van der Waals surface area contributed by atoms with Crippen molar-refractivity contribution in [3.8, 4) is 5.75 Å². The zero-order valence-electron chi connectivity index (χ0n) is 15.8. The summed E-state index contributed by atoms with van der Waals surface area (Å²) in [5, 5.41) is 3.77. The van der Waals surface area contributed by atoms with Gasteiger partial charge in [-0.25, -0.2) is 0 Å². The highest BCUT2D eigenvalue weighted by Crippen LogP contribution is 2.16. The minimum absolute atomic E-state index is 0.104. The van der Waals surface area contributed by atoms with E-state index in [0.717, 1.165) is 11.3 Å². The molecule has 7 heteroatoms. The van der Waals surface area contributed by atoms with E-state index in [1.807, 2.05) is 36.1 Å². The van der Waals surface area contributed by atoms with Gasteiger partial charge in [-0.05, 0) is 31.9 Å². The van der Waals surface area contributed by atoms with Crippen molar-refractivity contribution in [2.45, 2.75) is 26.7 Å². The molecule has 7 nitrogen and oxygen atoms in total. The molecule has 0 N–H and O–H groups in total. The summed E-state index contributed by atoms with van der Waals surface area (Å²) in [5.74, 6) is 1.43. The summed E-state index contributed by atoms with van der Waals surface area (Å²) in [6, 6.07) is 9.48. The molecular formula is C20H25N3O4. The number of benzene rings is 1. The number of aryl methyl sites for hydroxylation is 2. The first kappa shape index (κ1) is 18.9. The first-order valence-corrected chi connectivity index (χ1v) is 9.23.